The van der Waals surface area contributed by atoms with Crippen molar-refractivity contribution in [1.29, 1.82) is 0 Å². The maximum absolute atomic E-state index is 13.7. The molecule has 2 atom stereocenters. The quantitative estimate of drug-likeness (QED) is 0.817. The summed E-state index contributed by atoms with van der Waals surface area (Å²) in [6.45, 7) is 0.407. The van der Waals surface area contributed by atoms with Crippen molar-refractivity contribution in [2.45, 2.75) is 12.3 Å². The predicted octanol–water partition coefficient (Wildman–Crippen LogP) is 0.431. The molecule has 122 valence electrons. The average molecular weight is 320 g/mol. The Morgan fingerprint density at radius 3 is 2.87 bits per heavy atom. The topological polar surface area (TPSA) is 75.7 Å². The molecule has 23 heavy (non-hydrogen) atoms. The van der Waals surface area contributed by atoms with Gasteiger partial charge in [0, 0.05) is 19.0 Å². The van der Waals surface area contributed by atoms with Gasteiger partial charge in [0.2, 0.25) is 5.91 Å². The number of benzene rings is 1. The fourth-order valence-electron chi connectivity index (χ4n) is 2.76. The van der Waals surface area contributed by atoms with Gasteiger partial charge in [-0.25, -0.2) is 4.39 Å². The van der Waals surface area contributed by atoms with Crippen molar-refractivity contribution >= 4 is 17.8 Å². The number of esters is 1. The van der Waals surface area contributed by atoms with Crippen molar-refractivity contribution in [3.05, 3.63) is 35.6 Å². The molecule has 0 aromatic heterocycles. The van der Waals surface area contributed by atoms with Crippen LogP contribution in [0.2, 0.25) is 0 Å². The Morgan fingerprint density at radius 1 is 1.35 bits per heavy atom. The zero-order valence-corrected chi connectivity index (χ0v) is 12.5. The minimum absolute atomic E-state index is 0.0162. The Hall–Kier alpha value is -2.44. The maximum atomic E-state index is 13.7. The molecule has 1 N–H and O–H groups in total. The van der Waals surface area contributed by atoms with Crippen molar-refractivity contribution in [3.63, 3.8) is 0 Å². The summed E-state index contributed by atoms with van der Waals surface area (Å²) >= 11 is 0. The van der Waals surface area contributed by atoms with E-state index in [4.69, 9.17) is 4.74 Å². The summed E-state index contributed by atoms with van der Waals surface area (Å²) < 4.78 is 18.7. The van der Waals surface area contributed by atoms with Crippen molar-refractivity contribution in [1.82, 2.24) is 10.2 Å². The van der Waals surface area contributed by atoms with Gasteiger partial charge in [-0.15, -0.1) is 0 Å². The summed E-state index contributed by atoms with van der Waals surface area (Å²) in [7, 11) is 0. The molecular weight excluding hydrogens is 303 g/mol. The van der Waals surface area contributed by atoms with Gasteiger partial charge in [-0.2, -0.15) is 0 Å². The Balaban J connectivity index is 1.48. The standard InChI is InChI=1S/C16H17FN2O4/c17-13-4-2-1-3-10(13)11-7-12(11)16(22)23-9-15(21)19-6-5-18-14(20)8-19/h1-4,11-12H,5-9H2,(H,18,20). The molecule has 1 aromatic carbocycles. The molecule has 2 fully saturated rings. The van der Waals surface area contributed by atoms with Gasteiger partial charge in [0.1, 0.15) is 5.82 Å². The molecule has 1 aliphatic heterocycles. The molecule has 1 aromatic rings. The first-order valence-corrected chi connectivity index (χ1v) is 7.52. The Labute approximate surface area is 132 Å². The van der Waals surface area contributed by atoms with Crippen LogP contribution in [-0.4, -0.2) is 48.9 Å². The highest BCUT2D eigenvalue weighted by atomic mass is 19.1. The lowest BCUT2D eigenvalue weighted by Crippen LogP contribution is -2.51. The van der Waals surface area contributed by atoms with Gasteiger partial charge in [-0.3, -0.25) is 14.4 Å². The van der Waals surface area contributed by atoms with Gasteiger partial charge < -0.3 is 15.0 Å². The number of carbonyl (C=O) groups is 3. The van der Waals surface area contributed by atoms with Crippen LogP contribution in [0.15, 0.2) is 24.3 Å². The van der Waals surface area contributed by atoms with E-state index in [1.165, 1.54) is 11.0 Å². The normalized spacial score (nSPS) is 23.2. The van der Waals surface area contributed by atoms with Crippen LogP contribution in [0.1, 0.15) is 17.9 Å². The molecule has 2 amide bonds. The molecule has 1 aliphatic carbocycles. The molecular formula is C16H17FN2O4. The third kappa shape index (κ3) is 3.49. The number of piperazine rings is 1. The molecule has 6 nitrogen and oxygen atoms in total. The molecule has 2 unspecified atom stereocenters. The van der Waals surface area contributed by atoms with E-state index in [0.29, 0.717) is 25.1 Å². The summed E-state index contributed by atoms with van der Waals surface area (Å²) in [5.74, 6) is -2.02. The summed E-state index contributed by atoms with van der Waals surface area (Å²) in [5.41, 5.74) is 0.508. The van der Waals surface area contributed by atoms with Crippen LogP contribution in [0.3, 0.4) is 0 Å². The second kappa shape index (κ2) is 6.36. The van der Waals surface area contributed by atoms with Crippen molar-refractivity contribution in [2.75, 3.05) is 26.2 Å². The number of amides is 2. The van der Waals surface area contributed by atoms with Gasteiger partial charge >= 0.3 is 5.97 Å². The van der Waals surface area contributed by atoms with Crippen molar-refractivity contribution in [3.8, 4) is 0 Å². The lowest BCUT2D eigenvalue weighted by atomic mass is 10.1. The maximum Gasteiger partial charge on any atom is 0.310 e. The van der Waals surface area contributed by atoms with Crippen LogP contribution in [0.4, 0.5) is 4.39 Å². The van der Waals surface area contributed by atoms with E-state index in [1.807, 2.05) is 0 Å². The zero-order valence-electron chi connectivity index (χ0n) is 12.5. The van der Waals surface area contributed by atoms with E-state index in [-0.39, 0.29) is 30.8 Å². The number of rotatable bonds is 4. The lowest BCUT2D eigenvalue weighted by molar-refractivity contribution is -0.154. The van der Waals surface area contributed by atoms with Gasteiger partial charge in [-0.1, -0.05) is 18.2 Å². The average Bonchev–Trinajstić information content (AvgIpc) is 3.33. The number of nitrogens with one attached hydrogen (secondary N) is 1. The number of hydrogen-bond acceptors (Lipinski definition) is 4. The first-order chi connectivity index (χ1) is 11.1. The van der Waals surface area contributed by atoms with E-state index in [9.17, 15) is 18.8 Å². The molecule has 0 radical (unpaired) electrons. The molecule has 2 aliphatic rings. The predicted molar refractivity (Wildman–Crippen MR) is 77.8 cm³/mol. The Morgan fingerprint density at radius 2 is 2.13 bits per heavy atom. The first kappa shape index (κ1) is 15.5. The molecule has 0 spiro atoms. The van der Waals surface area contributed by atoms with Crippen LogP contribution in [-0.2, 0) is 19.1 Å². The molecule has 0 bridgehead atoms. The zero-order chi connectivity index (χ0) is 16.4. The molecule has 3 rings (SSSR count). The second-order valence-corrected chi connectivity index (χ2v) is 5.74. The highest BCUT2D eigenvalue weighted by Crippen LogP contribution is 2.48. The molecule has 1 saturated carbocycles. The fraction of sp³-hybridized carbons (Fsp3) is 0.438. The number of ether oxygens (including phenoxy) is 1. The molecule has 7 heteroatoms. The number of carbonyl (C=O) groups excluding carboxylic acids is 3. The summed E-state index contributed by atoms with van der Waals surface area (Å²) in [5, 5.41) is 2.61. The van der Waals surface area contributed by atoms with Gasteiger partial charge in [-0.05, 0) is 18.1 Å². The largest absolute Gasteiger partial charge is 0.455 e. The van der Waals surface area contributed by atoms with E-state index < -0.39 is 17.8 Å². The fourth-order valence-corrected chi connectivity index (χ4v) is 2.76. The van der Waals surface area contributed by atoms with Crippen LogP contribution < -0.4 is 5.32 Å². The van der Waals surface area contributed by atoms with Crippen LogP contribution >= 0.6 is 0 Å². The van der Waals surface area contributed by atoms with E-state index in [0.717, 1.165) is 0 Å². The summed E-state index contributed by atoms with van der Waals surface area (Å²) in [6, 6.07) is 6.35. The number of nitrogens with zero attached hydrogens (tertiary/aromatic N) is 1. The molecule has 1 saturated heterocycles. The summed E-state index contributed by atoms with van der Waals surface area (Å²) in [4.78, 5) is 36.4. The Kier molecular flexibility index (Phi) is 4.27. The second-order valence-electron chi connectivity index (χ2n) is 5.74. The van der Waals surface area contributed by atoms with Gasteiger partial charge in [0.05, 0.1) is 12.5 Å². The number of halogens is 1. The van der Waals surface area contributed by atoms with Crippen molar-refractivity contribution < 1.29 is 23.5 Å². The van der Waals surface area contributed by atoms with E-state index >= 15 is 0 Å². The minimum Gasteiger partial charge on any atom is -0.455 e. The van der Waals surface area contributed by atoms with E-state index in [2.05, 4.69) is 5.32 Å². The van der Waals surface area contributed by atoms with Crippen LogP contribution in [0.25, 0.3) is 0 Å². The van der Waals surface area contributed by atoms with E-state index in [1.54, 1.807) is 18.2 Å². The minimum atomic E-state index is -0.493. The van der Waals surface area contributed by atoms with Crippen molar-refractivity contribution in [2.24, 2.45) is 5.92 Å². The van der Waals surface area contributed by atoms with Gasteiger partial charge in [0.25, 0.3) is 5.91 Å². The van der Waals surface area contributed by atoms with Crippen LogP contribution in [0, 0.1) is 11.7 Å². The highest BCUT2D eigenvalue weighted by Gasteiger charge is 2.46. The SMILES string of the molecule is O=C1CN(C(=O)COC(=O)C2CC2c2ccccc2F)CCN1. The molecule has 1 heterocycles. The van der Waals surface area contributed by atoms with Crippen LogP contribution in [0.5, 0.6) is 0 Å². The number of hydrogen-bond donors (Lipinski definition) is 1. The third-order valence-electron chi connectivity index (χ3n) is 4.13. The lowest BCUT2D eigenvalue weighted by Gasteiger charge is -2.26. The summed E-state index contributed by atoms with van der Waals surface area (Å²) in [6.07, 6.45) is 0.528. The monoisotopic (exact) mass is 320 g/mol. The highest BCUT2D eigenvalue weighted by molar-refractivity contribution is 5.88. The smallest absolute Gasteiger partial charge is 0.310 e. The van der Waals surface area contributed by atoms with Gasteiger partial charge in [0.15, 0.2) is 6.61 Å². The Bertz CT molecular complexity index is 649. The third-order valence-corrected chi connectivity index (χ3v) is 4.13. The first-order valence-electron chi connectivity index (χ1n) is 7.52.